The number of ether oxygens (including phenoxy) is 1. The summed E-state index contributed by atoms with van der Waals surface area (Å²) in [5, 5.41) is -0.204. The molecule has 0 amide bonds. The second-order valence-electron chi connectivity index (χ2n) is 10.6. The molecule has 0 aromatic heterocycles. The highest BCUT2D eigenvalue weighted by Crippen LogP contribution is 2.39. The molecule has 5 aromatic carbocycles. The smallest absolute Gasteiger partial charge is 0.423 e. The number of unbranched alkanes of at least 4 members (excludes halogenated alkanes) is 2. The largest absolute Gasteiger partial charge is 0.427 e. The first kappa shape index (κ1) is 32.1. The summed E-state index contributed by atoms with van der Waals surface area (Å²) in [4.78, 5) is 0. The molecular weight excluding hydrogens is 617 g/mol. The quantitative estimate of drug-likeness (QED) is 0.109. The Kier molecular flexibility index (Phi) is 9.53. The number of aryl methyl sites for hydroxylation is 1. The van der Waals surface area contributed by atoms with Gasteiger partial charge in [0.15, 0.2) is 17.4 Å². The highest BCUT2D eigenvalue weighted by Gasteiger charge is 2.37. The van der Waals surface area contributed by atoms with E-state index < -0.39 is 46.5 Å². The summed E-state index contributed by atoms with van der Waals surface area (Å²) in [5.74, 6) is -7.21. The van der Waals surface area contributed by atoms with Gasteiger partial charge in [-0.05, 0) is 83.1 Å². The first-order valence-corrected chi connectivity index (χ1v) is 14.5. The van der Waals surface area contributed by atoms with Crippen molar-refractivity contribution in [1.82, 2.24) is 0 Å². The summed E-state index contributed by atoms with van der Waals surface area (Å²) in [6.07, 6.45) is -0.0957. The molecule has 45 heavy (non-hydrogen) atoms. The highest BCUT2D eigenvalue weighted by molar-refractivity contribution is 6.30. The average Bonchev–Trinajstić information content (AvgIpc) is 3.01. The molecule has 0 radical (unpaired) electrons. The molecule has 0 fully saturated rings. The average molecular weight is 643 g/mol. The maximum absolute atomic E-state index is 15.1. The van der Waals surface area contributed by atoms with E-state index in [1.807, 2.05) is 24.3 Å². The fourth-order valence-corrected chi connectivity index (χ4v) is 5.08. The van der Waals surface area contributed by atoms with Crippen LogP contribution in [0.5, 0.6) is 5.75 Å². The Bertz CT molecular complexity index is 1810. The van der Waals surface area contributed by atoms with E-state index in [1.165, 1.54) is 29.8 Å². The van der Waals surface area contributed by atoms with Gasteiger partial charge in [0.05, 0.1) is 10.6 Å². The van der Waals surface area contributed by atoms with E-state index in [2.05, 4.69) is 11.7 Å². The highest BCUT2D eigenvalue weighted by atomic mass is 35.5. The monoisotopic (exact) mass is 642 g/mol. The van der Waals surface area contributed by atoms with Crippen LogP contribution in [0.2, 0.25) is 5.02 Å². The third-order valence-electron chi connectivity index (χ3n) is 7.40. The van der Waals surface area contributed by atoms with Crippen LogP contribution in [-0.2, 0) is 12.5 Å². The van der Waals surface area contributed by atoms with Gasteiger partial charge in [0.25, 0.3) is 0 Å². The van der Waals surface area contributed by atoms with Crippen LogP contribution >= 0.6 is 11.6 Å². The topological polar surface area (TPSA) is 9.23 Å². The number of benzene rings is 5. The summed E-state index contributed by atoms with van der Waals surface area (Å²) in [6.45, 7) is 2.13. The Morgan fingerprint density at radius 2 is 1.13 bits per heavy atom. The number of hydrogen-bond donors (Lipinski definition) is 0. The lowest BCUT2D eigenvalue weighted by Gasteiger charge is -2.20. The summed E-state index contributed by atoms with van der Waals surface area (Å²) < 4.78 is 108. The first-order valence-electron chi connectivity index (χ1n) is 14.2. The van der Waals surface area contributed by atoms with Gasteiger partial charge < -0.3 is 4.74 Å². The van der Waals surface area contributed by atoms with Crippen LogP contribution in [0.3, 0.4) is 0 Å². The van der Waals surface area contributed by atoms with E-state index in [0.717, 1.165) is 49.4 Å². The van der Waals surface area contributed by atoms with Gasteiger partial charge in [0.2, 0.25) is 0 Å². The Labute approximate surface area is 260 Å². The van der Waals surface area contributed by atoms with Crippen LogP contribution in [-0.4, -0.2) is 0 Å². The lowest BCUT2D eigenvalue weighted by atomic mass is 9.98. The predicted molar refractivity (Wildman–Crippen MR) is 162 cm³/mol. The molecule has 0 aliphatic carbocycles. The Morgan fingerprint density at radius 3 is 1.76 bits per heavy atom. The van der Waals surface area contributed by atoms with Crippen molar-refractivity contribution in [3.05, 3.63) is 136 Å². The van der Waals surface area contributed by atoms with E-state index in [0.29, 0.717) is 23.8 Å². The van der Waals surface area contributed by atoms with Crippen LogP contribution in [0.25, 0.3) is 33.4 Å². The normalized spacial score (nSPS) is 11.6. The minimum absolute atomic E-state index is 0.0360. The van der Waals surface area contributed by atoms with Crippen LogP contribution in [0, 0.1) is 29.1 Å². The lowest BCUT2D eigenvalue weighted by Crippen LogP contribution is -2.23. The van der Waals surface area contributed by atoms with Crippen molar-refractivity contribution in [2.45, 2.75) is 38.7 Å². The van der Waals surface area contributed by atoms with Crippen molar-refractivity contribution in [2.75, 3.05) is 0 Å². The second kappa shape index (κ2) is 13.4. The SMILES string of the molecule is CCCCCc1ccc(-c2ccc(-c3cc(F)c(OC(F)(F)c4ccc(-c5ccc(Cl)c(F)c5)c(F)c4)c(F)c3)c(F)c2)cc1. The molecule has 0 bridgehead atoms. The molecular formula is C36H26ClF7O. The predicted octanol–water partition coefficient (Wildman–Crippen LogP) is 11.9. The molecule has 0 unspecified atom stereocenters. The van der Waals surface area contributed by atoms with Crippen molar-refractivity contribution in [3.8, 4) is 39.1 Å². The van der Waals surface area contributed by atoms with Gasteiger partial charge >= 0.3 is 6.11 Å². The fourth-order valence-electron chi connectivity index (χ4n) is 4.97. The molecule has 5 rings (SSSR count). The zero-order valence-corrected chi connectivity index (χ0v) is 24.7. The maximum atomic E-state index is 15.1. The van der Waals surface area contributed by atoms with Gasteiger partial charge in [-0.1, -0.05) is 79.9 Å². The van der Waals surface area contributed by atoms with Crippen LogP contribution in [0.1, 0.15) is 37.3 Å². The van der Waals surface area contributed by atoms with Crippen LogP contribution in [0.4, 0.5) is 30.7 Å². The van der Waals surface area contributed by atoms with Crippen molar-refractivity contribution in [3.63, 3.8) is 0 Å². The molecule has 0 saturated carbocycles. The van der Waals surface area contributed by atoms with Gasteiger partial charge in [-0.3, -0.25) is 0 Å². The van der Waals surface area contributed by atoms with Gasteiger partial charge in [-0.2, -0.15) is 8.78 Å². The Hall–Kier alpha value is -4.30. The summed E-state index contributed by atoms with van der Waals surface area (Å²) in [5.41, 5.74) is 0.873. The summed E-state index contributed by atoms with van der Waals surface area (Å²) in [6, 6.07) is 18.8. The minimum atomic E-state index is -4.37. The molecule has 232 valence electrons. The molecule has 0 saturated heterocycles. The molecule has 9 heteroatoms. The number of alkyl halides is 2. The van der Waals surface area contributed by atoms with Crippen molar-refractivity contribution in [1.29, 1.82) is 0 Å². The molecule has 0 spiro atoms. The van der Waals surface area contributed by atoms with E-state index >= 15 is 4.39 Å². The summed E-state index contributed by atoms with van der Waals surface area (Å²) in [7, 11) is 0. The number of halogens is 8. The number of rotatable bonds is 10. The Balaban J connectivity index is 1.35. The van der Waals surface area contributed by atoms with Gasteiger partial charge in [-0.15, -0.1) is 0 Å². The molecule has 0 atom stereocenters. The van der Waals surface area contributed by atoms with E-state index in [1.54, 1.807) is 6.07 Å². The molecule has 0 aliphatic rings. The molecule has 5 aromatic rings. The van der Waals surface area contributed by atoms with Crippen LogP contribution in [0.15, 0.2) is 91.0 Å². The lowest BCUT2D eigenvalue weighted by molar-refractivity contribution is -0.188. The van der Waals surface area contributed by atoms with Crippen molar-refractivity contribution >= 4 is 11.6 Å². The molecule has 1 nitrogen and oxygen atoms in total. The van der Waals surface area contributed by atoms with E-state index in [-0.39, 0.29) is 27.3 Å². The molecule has 0 heterocycles. The Morgan fingerprint density at radius 1 is 0.578 bits per heavy atom. The maximum Gasteiger partial charge on any atom is 0.427 e. The zero-order chi connectivity index (χ0) is 32.3. The molecule has 0 N–H and O–H groups in total. The van der Waals surface area contributed by atoms with Crippen molar-refractivity contribution in [2.24, 2.45) is 0 Å². The van der Waals surface area contributed by atoms with E-state index in [9.17, 15) is 26.3 Å². The minimum Gasteiger partial charge on any atom is -0.423 e. The third kappa shape index (κ3) is 7.17. The fraction of sp³-hybridized carbons (Fsp3) is 0.167. The summed E-state index contributed by atoms with van der Waals surface area (Å²) >= 11 is 5.63. The standard InChI is InChI=1S/C36H26ClF7O/c1-2-3-4-5-21-6-8-22(9-7-21)23-10-13-28(30(38)16-23)25-18-33(41)35(34(42)19-25)45-36(43,44)26-12-14-27(31(39)20-26)24-11-15-29(37)32(40)17-24/h6-20H,2-5H2,1H3. The first-order chi connectivity index (χ1) is 21.5. The zero-order valence-electron chi connectivity index (χ0n) is 23.9. The molecule has 0 aliphatic heterocycles. The third-order valence-corrected chi connectivity index (χ3v) is 7.71. The van der Waals surface area contributed by atoms with E-state index in [4.69, 9.17) is 11.6 Å². The van der Waals surface area contributed by atoms with Gasteiger partial charge in [0.1, 0.15) is 17.5 Å². The second-order valence-corrected chi connectivity index (χ2v) is 11.0. The number of hydrogen-bond acceptors (Lipinski definition) is 1. The van der Waals surface area contributed by atoms with Gasteiger partial charge in [-0.25, -0.2) is 22.0 Å². The van der Waals surface area contributed by atoms with Crippen LogP contribution < -0.4 is 4.74 Å². The van der Waals surface area contributed by atoms with Crippen molar-refractivity contribution < 1.29 is 35.5 Å². The van der Waals surface area contributed by atoms with Gasteiger partial charge in [0, 0.05) is 11.1 Å².